The number of primary amides is 1. The molecule has 214 valence electrons. The van der Waals surface area contributed by atoms with Gasteiger partial charge in [-0.1, -0.05) is 55.9 Å². The smallest absolute Gasteiger partial charge is 0.404 e. The van der Waals surface area contributed by atoms with Crippen molar-refractivity contribution in [3.8, 4) is 0 Å². The van der Waals surface area contributed by atoms with Crippen LogP contribution in [0.15, 0.2) is 48.1 Å². The summed E-state index contributed by atoms with van der Waals surface area (Å²) in [6.07, 6.45) is 11.0. The molecule has 0 aromatic rings. The number of ether oxygens (including phenoxy) is 1. The van der Waals surface area contributed by atoms with E-state index in [9.17, 15) is 24.3 Å². The van der Waals surface area contributed by atoms with Crippen LogP contribution >= 0.6 is 0 Å². The Hall–Kier alpha value is -3.20. The molecule has 0 aliphatic heterocycles. The summed E-state index contributed by atoms with van der Waals surface area (Å²) in [4.78, 5) is 45.4. The zero-order chi connectivity index (χ0) is 29.1. The van der Waals surface area contributed by atoms with Gasteiger partial charge in [-0.05, 0) is 57.8 Å². The summed E-state index contributed by atoms with van der Waals surface area (Å²) >= 11 is 0. The zero-order valence-electron chi connectivity index (χ0n) is 23.3. The molecule has 4 atom stereocenters. The molecule has 0 aromatic carbocycles. The van der Waals surface area contributed by atoms with Gasteiger partial charge >= 0.3 is 12.1 Å². The number of carbonyl (C=O) groups is 4. The first-order chi connectivity index (χ1) is 17.8. The van der Waals surface area contributed by atoms with Gasteiger partial charge in [-0.2, -0.15) is 0 Å². The van der Waals surface area contributed by atoms with E-state index in [1.165, 1.54) is 13.0 Å². The molecule has 0 fully saturated rings. The maximum atomic E-state index is 12.2. The van der Waals surface area contributed by atoms with E-state index in [1.54, 1.807) is 0 Å². The highest BCUT2D eigenvalue weighted by Crippen LogP contribution is 2.21. The van der Waals surface area contributed by atoms with E-state index in [0.717, 1.165) is 43.3 Å². The lowest BCUT2D eigenvalue weighted by atomic mass is 9.93. The monoisotopic (exact) mass is 534 g/mol. The minimum absolute atomic E-state index is 0.0422. The molecule has 0 aliphatic rings. The molecule has 0 aromatic heterocycles. The van der Waals surface area contributed by atoms with Crippen LogP contribution in [0.4, 0.5) is 4.79 Å². The van der Waals surface area contributed by atoms with E-state index in [0.29, 0.717) is 12.3 Å². The fourth-order valence-electron chi connectivity index (χ4n) is 4.03. The first-order valence-corrected chi connectivity index (χ1v) is 13.1. The average Bonchev–Trinajstić information content (AvgIpc) is 2.75. The van der Waals surface area contributed by atoms with Crippen LogP contribution in [0, 0.1) is 11.8 Å². The van der Waals surface area contributed by atoms with Crippen LogP contribution in [-0.2, 0) is 19.1 Å². The second-order valence-electron chi connectivity index (χ2n) is 10.2. The minimum atomic E-state index is -0.979. The van der Waals surface area contributed by atoms with Crippen LogP contribution in [0.2, 0.25) is 0 Å². The lowest BCUT2D eigenvalue weighted by Gasteiger charge is -2.14. The average molecular weight is 535 g/mol. The number of aliphatic hydroxyl groups excluding tert-OH is 1. The van der Waals surface area contributed by atoms with Crippen LogP contribution in [0.25, 0.3) is 0 Å². The van der Waals surface area contributed by atoms with E-state index in [-0.39, 0.29) is 31.1 Å². The number of allylic oxidation sites excluding steroid dienone is 6. The van der Waals surface area contributed by atoms with Crippen molar-refractivity contribution >= 4 is 23.8 Å². The third kappa shape index (κ3) is 20.9. The van der Waals surface area contributed by atoms with Gasteiger partial charge in [0, 0.05) is 25.5 Å². The van der Waals surface area contributed by atoms with Crippen molar-refractivity contribution in [3.63, 3.8) is 0 Å². The molecule has 38 heavy (non-hydrogen) atoms. The molecule has 0 heterocycles. The molecular weight excluding hydrogens is 488 g/mol. The maximum Gasteiger partial charge on any atom is 0.404 e. The highest BCUT2D eigenvalue weighted by molar-refractivity contribution is 5.80. The van der Waals surface area contributed by atoms with E-state index >= 15 is 0 Å². The normalized spacial score (nSPS) is 15.1. The standard InChI is InChI=1S/C29H46N2O7/c1-20(13-22(3)14-23(4)16-28(35)36)11-9-7-6-8-10-12-21(2)15-25(32)18-26(33)19-31-27(34)17-24(5)38-29(30)37/h6-8,10,16,21-22,24,26,33H,1,9,11-15,17-19H2,2-5H3,(H2,30,37)(H,31,34)(H,35,36)/b7-6+,10-8+,23-16+/t21-,22+,24-,26-/m1/s1. The van der Waals surface area contributed by atoms with Crippen molar-refractivity contribution in [2.75, 3.05) is 6.54 Å². The van der Waals surface area contributed by atoms with Gasteiger partial charge in [0.1, 0.15) is 11.9 Å². The number of nitrogens with one attached hydrogen (secondary N) is 1. The Balaban J connectivity index is 4.10. The molecule has 0 saturated carbocycles. The predicted molar refractivity (Wildman–Crippen MR) is 148 cm³/mol. The van der Waals surface area contributed by atoms with Crippen LogP contribution in [0.5, 0.6) is 0 Å². The van der Waals surface area contributed by atoms with Gasteiger partial charge in [-0.15, -0.1) is 0 Å². The third-order valence-electron chi connectivity index (χ3n) is 5.63. The number of nitrogens with two attached hydrogens (primary N) is 1. The van der Waals surface area contributed by atoms with Crippen LogP contribution in [0.3, 0.4) is 0 Å². The van der Waals surface area contributed by atoms with Crippen molar-refractivity contribution < 1.29 is 34.1 Å². The summed E-state index contributed by atoms with van der Waals surface area (Å²) in [6.45, 7) is 11.5. The molecule has 9 heteroatoms. The highest BCUT2D eigenvalue weighted by atomic mass is 16.6. The summed E-state index contributed by atoms with van der Waals surface area (Å²) in [5.74, 6) is -0.914. The fourth-order valence-corrected chi connectivity index (χ4v) is 4.03. The number of carbonyl (C=O) groups excluding carboxylic acids is 3. The highest BCUT2D eigenvalue weighted by Gasteiger charge is 2.16. The Bertz CT molecular complexity index is 876. The molecule has 0 rings (SSSR count). The number of ketones is 1. The van der Waals surface area contributed by atoms with Crippen molar-refractivity contribution in [1.82, 2.24) is 5.32 Å². The molecule has 0 radical (unpaired) electrons. The van der Waals surface area contributed by atoms with Gasteiger partial charge < -0.3 is 26.0 Å². The Kier molecular flexibility index (Phi) is 18.2. The number of amides is 2. The van der Waals surface area contributed by atoms with Crippen LogP contribution in [-0.4, -0.2) is 52.7 Å². The number of Topliss-reactive ketones (excluding diaryl/α,β-unsaturated/α-hetero) is 1. The van der Waals surface area contributed by atoms with Crippen molar-refractivity contribution in [2.45, 2.75) is 91.3 Å². The fraction of sp³-hybridized carbons (Fsp3) is 0.586. The molecule has 2 amide bonds. The van der Waals surface area contributed by atoms with Crippen molar-refractivity contribution in [2.24, 2.45) is 17.6 Å². The van der Waals surface area contributed by atoms with E-state index in [1.807, 2.05) is 32.1 Å². The number of carboxylic acid groups (broad SMARTS) is 1. The third-order valence-corrected chi connectivity index (χ3v) is 5.63. The second-order valence-corrected chi connectivity index (χ2v) is 10.2. The molecule has 0 aliphatic carbocycles. The number of hydrogen-bond acceptors (Lipinski definition) is 6. The summed E-state index contributed by atoms with van der Waals surface area (Å²) in [5.41, 5.74) is 6.90. The number of aliphatic hydroxyl groups is 1. The molecule has 0 bridgehead atoms. The van der Waals surface area contributed by atoms with E-state index in [2.05, 4.69) is 29.6 Å². The van der Waals surface area contributed by atoms with Crippen LogP contribution < -0.4 is 11.1 Å². The van der Waals surface area contributed by atoms with Gasteiger partial charge in [0.05, 0.1) is 12.5 Å². The summed E-state index contributed by atoms with van der Waals surface area (Å²) in [7, 11) is 0. The van der Waals surface area contributed by atoms with Crippen molar-refractivity contribution in [1.29, 1.82) is 0 Å². The van der Waals surface area contributed by atoms with Crippen molar-refractivity contribution in [3.05, 3.63) is 48.1 Å². The summed E-state index contributed by atoms with van der Waals surface area (Å²) in [6, 6.07) is 0. The maximum absolute atomic E-state index is 12.2. The number of hydrogen-bond donors (Lipinski definition) is 4. The minimum Gasteiger partial charge on any atom is -0.478 e. The Labute approximate surface area is 226 Å². The molecule has 0 unspecified atom stereocenters. The summed E-state index contributed by atoms with van der Waals surface area (Å²) < 4.78 is 4.67. The quantitative estimate of drug-likeness (QED) is 0.101. The first kappa shape index (κ1) is 34.8. The second kappa shape index (κ2) is 19.9. The van der Waals surface area contributed by atoms with Gasteiger partial charge in [0.25, 0.3) is 0 Å². The topological polar surface area (TPSA) is 156 Å². The number of aliphatic carboxylic acids is 1. The Morgan fingerprint density at radius 1 is 0.974 bits per heavy atom. The predicted octanol–water partition coefficient (Wildman–Crippen LogP) is 4.61. The lowest BCUT2D eigenvalue weighted by molar-refractivity contribution is -0.131. The summed E-state index contributed by atoms with van der Waals surface area (Å²) in [5, 5.41) is 21.3. The molecule has 0 spiro atoms. The SMILES string of the molecule is C=C(CC/C=C/C=C/C[C@@H](C)CC(=O)C[C@@H](O)CNC(=O)C[C@@H](C)OC(N)=O)C[C@H](C)C/C(C)=C/C(=O)O. The van der Waals surface area contributed by atoms with Gasteiger partial charge in [-0.3, -0.25) is 9.59 Å². The van der Waals surface area contributed by atoms with Gasteiger partial charge in [-0.25, -0.2) is 9.59 Å². The molecule has 0 saturated heterocycles. The van der Waals surface area contributed by atoms with Gasteiger partial charge in [0.15, 0.2) is 0 Å². The zero-order valence-corrected chi connectivity index (χ0v) is 23.3. The lowest BCUT2D eigenvalue weighted by Crippen LogP contribution is -2.35. The van der Waals surface area contributed by atoms with E-state index < -0.39 is 30.2 Å². The molecular formula is C29H46N2O7. The van der Waals surface area contributed by atoms with Gasteiger partial charge in [0.2, 0.25) is 5.91 Å². The number of rotatable bonds is 20. The molecule has 5 N–H and O–H groups in total. The number of carboxylic acids is 1. The molecule has 9 nitrogen and oxygen atoms in total. The van der Waals surface area contributed by atoms with Crippen LogP contribution in [0.1, 0.15) is 79.1 Å². The largest absolute Gasteiger partial charge is 0.478 e. The first-order valence-electron chi connectivity index (χ1n) is 13.1. The Morgan fingerprint density at radius 3 is 2.26 bits per heavy atom. The Morgan fingerprint density at radius 2 is 1.63 bits per heavy atom. The van der Waals surface area contributed by atoms with E-state index in [4.69, 9.17) is 10.8 Å².